The van der Waals surface area contributed by atoms with E-state index < -0.39 is 17.8 Å². The van der Waals surface area contributed by atoms with Crippen LogP contribution in [0.25, 0.3) is 0 Å². The maximum absolute atomic E-state index is 14.0. The number of aromatic nitrogens is 3. The molecule has 2 N–H and O–H groups in total. The lowest BCUT2D eigenvalue weighted by atomic mass is 10.0. The van der Waals surface area contributed by atoms with Crippen LogP contribution in [0.5, 0.6) is 0 Å². The van der Waals surface area contributed by atoms with Crippen molar-refractivity contribution in [3.8, 4) is 0 Å². The summed E-state index contributed by atoms with van der Waals surface area (Å²) in [6.07, 6.45) is 0. The van der Waals surface area contributed by atoms with Gasteiger partial charge in [-0.3, -0.25) is 9.59 Å². The van der Waals surface area contributed by atoms with Crippen molar-refractivity contribution < 1.29 is 18.4 Å². The first-order chi connectivity index (χ1) is 15.3. The van der Waals surface area contributed by atoms with Crippen molar-refractivity contribution >= 4 is 29.3 Å². The topological polar surface area (TPSA) is 88.9 Å². The summed E-state index contributed by atoms with van der Waals surface area (Å²) in [6, 6.07) is 10.7. The molecule has 1 heterocycles. The van der Waals surface area contributed by atoms with E-state index in [-0.39, 0.29) is 29.0 Å². The number of carbonyl (C=O) groups excluding carboxylic acids is 2. The van der Waals surface area contributed by atoms with Gasteiger partial charge in [0.05, 0.1) is 17.4 Å². The average molecular weight is 460 g/mol. The zero-order valence-electron chi connectivity index (χ0n) is 17.8. The molecule has 3 rings (SSSR count). The number of hydrogen-bond acceptors (Lipinski definition) is 5. The molecule has 0 saturated carbocycles. The second-order valence-electron chi connectivity index (χ2n) is 7.42. The van der Waals surface area contributed by atoms with Gasteiger partial charge in [0, 0.05) is 12.7 Å². The molecule has 10 heteroatoms. The number of carbonyl (C=O) groups is 2. The van der Waals surface area contributed by atoms with Crippen molar-refractivity contribution in [2.45, 2.75) is 25.0 Å². The van der Waals surface area contributed by atoms with Crippen LogP contribution in [0.3, 0.4) is 0 Å². The number of nitrogens with one attached hydrogen (secondary N) is 2. The second-order valence-corrected chi connectivity index (χ2v) is 8.36. The van der Waals surface area contributed by atoms with Gasteiger partial charge in [0.15, 0.2) is 11.0 Å². The molecule has 1 unspecified atom stereocenters. The lowest BCUT2D eigenvalue weighted by Crippen LogP contribution is -2.34. The summed E-state index contributed by atoms with van der Waals surface area (Å²) in [5.41, 5.74) is 0.443. The molecule has 168 valence electrons. The number of halogens is 2. The molecule has 2 amide bonds. The van der Waals surface area contributed by atoms with Crippen LogP contribution in [-0.4, -0.2) is 32.3 Å². The molecule has 0 spiro atoms. The van der Waals surface area contributed by atoms with Crippen molar-refractivity contribution in [3.05, 3.63) is 71.6 Å². The zero-order valence-corrected chi connectivity index (χ0v) is 18.6. The van der Waals surface area contributed by atoms with Gasteiger partial charge in [0.25, 0.3) is 5.91 Å². The number of benzene rings is 2. The van der Waals surface area contributed by atoms with Crippen LogP contribution < -0.4 is 10.6 Å². The number of thioether (sulfide) groups is 1. The van der Waals surface area contributed by atoms with E-state index in [1.54, 1.807) is 17.7 Å². The lowest BCUT2D eigenvalue weighted by Gasteiger charge is -2.21. The Hall–Kier alpha value is -3.27. The molecule has 1 aromatic heterocycles. The third kappa shape index (κ3) is 5.70. The van der Waals surface area contributed by atoms with E-state index in [0.29, 0.717) is 16.7 Å². The largest absolute Gasteiger partial charge is 0.342 e. The molecule has 3 aromatic rings. The van der Waals surface area contributed by atoms with Crippen LogP contribution in [0, 0.1) is 17.6 Å². The molecule has 0 aliphatic rings. The van der Waals surface area contributed by atoms with Crippen molar-refractivity contribution in [1.82, 2.24) is 20.1 Å². The van der Waals surface area contributed by atoms with Gasteiger partial charge in [-0.2, -0.15) is 0 Å². The maximum Gasteiger partial charge on any atom is 0.254 e. The first kappa shape index (κ1) is 23.4. The molecule has 2 aromatic carbocycles. The summed E-state index contributed by atoms with van der Waals surface area (Å²) in [4.78, 5) is 24.8. The lowest BCUT2D eigenvalue weighted by molar-refractivity contribution is -0.113. The monoisotopic (exact) mass is 459 g/mol. The molecule has 0 aliphatic carbocycles. The molecule has 0 bridgehead atoms. The molecule has 7 nitrogen and oxygen atoms in total. The molecule has 32 heavy (non-hydrogen) atoms. The third-order valence-electron chi connectivity index (χ3n) is 4.68. The van der Waals surface area contributed by atoms with E-state index in [2.05, 4.69) is 20.8 Å². The Kier molecular flexibility index (Phi) is 7.57. The van der Waals surface area contributed by atoms with E-state index in [1.165, 1.54) is 54.2 Å². The molecule has 0 saturated heterocycles. The number of rotatable bonds is 8. The highest BCUT2D eigenvalue weighted by Gasteiger charge is 2.26. The average Bonchev–Trinajstić information content (AvgIpc) is 3.12. The molecular weight excluding hydrogens is 436 g/mol. The minimum absolute atomic E-state index is 0.0479. The normalized spacial score (nSPS) is 11.9. The van der Waals surface area contributed by atoms with Gasteiger partial charge in [0.1, 0.15) is 11.6 Å². The minimum Gasteiger partial charge on any atom is -0.342 e. The van der Waals surface area contributed by atoms with Gasteiger partial charge in [-0.15, -0.1) is 10.2 Å². The summed E-state index contributed by atoms with van der Waals surface area (Å²) in [7, 11) is 1.74. The van der Waals surface area contributed by atoms with Crippen LogP contribution in [0.1, 0.15) is 36.1 Å². The minimum atomic E-state index is -0.603. The van der Waals surface area contributed by atoms with E-state index in [9.17, 15) is 18.4 Å². The van der Waals surface area contributed by atoms with Crippen molar-refractivity contribution in [2.75, 3.05) is 11.1 Å². The molecule has 0 aliphatic heterocycles. The Morgan fingerprint density at radius 1 is 1.06 bits per heavy atom. The highest BCUT2D eigenvalue weighted by atomic mass is 32.2. The van der Waals surface area contributed by atoms with E-state index >= 15 is 0 Å². The Bertz CT molecular complexity index is 1100. The van der Waals surface area contributed by atoms with Crippen LogP contribution in [0.2, 0.25) is 0 Å². The first-order valence-electron chi connectivity index (χ1n) is 9.89. The fourth-order valence-corrected chi connectivity index (χ4v) is 3.69. The van der Waals surface area contributed by atoms with E-state index in [0.717, 1.165) is 0 Å². The fourth-order valence-electron chi connectivity index (χ4n) is 2.98. The molecular formula is C22H23F2N5O2S. The Morgan fingerprint density at radius 2 is 1.75 bits per heavy atom. The molecule has 0 radical (unpaired) electrons. The van der Waals surface area contributed by atoms with Gasteiger partial charge in [-0.1, -0.05) is 37.7 Å². The fraction of sp³-hybridized carbons (Fsp3) is 0.273. The van der Waals surface area contributed by atoms with Gasteiger partial charge in [-0.05, 0) is 42.3 Å². The Morgan fingerprint density at radius 3 is 2.41 bits per heavy atom. The summed E-state index contributed by atoms with van der Waals surface area (Å²) in [5.74, 6) is -1.30. The van der Waals surface area contributed by atoms with Gasteiger partial charge in [0.2, 0.25) is 5.91 Å². The quantitative estimate of drug-likeness (QED) is 0.498. The molecule has 0 fully saturated rings. The first-order valence-corrected chi connectivity index (χ1v) is 10.9. The van der Waals surface area contributed by atoms with Crippen LogP contribution in [0.4, 0.5) is 14.5 Å². The summed E-state index contributed by atoms with van der Waals surface area (Å²) >= 11 is 1.18. The number of anilines is 1. The SMILES string of the molecule is CC(C)C(NC(=O)c1ccccc1F)c1nnc(SCC(=O)Nc2ccc(F)cc2)n1C. The van der Waals surface area contributed by atoms with Gasteiger partial charge < -0.3 is 15.2 Å². The Labute approximate surface area is 188 Å². The van der Waals surface area contributed by atoms with Crippen molar-refractivity contribution in [1.29, 1.82) is 0 Å². The number of amides is 2. The predicted molar refractivity (Wildman–Crippen MR) is 118 cm³/mol. The van der Waals surface area contributed by atoms with E-state index in [1.807, 2.05) is 13.8 Å². The number of nitrogens with zero attached hydrogens (tertiary/aromatic N) is 3. The highest BCUT2D eigenvalue weighted by molar-refractivity contribution is 7.99. The molecule has 1 atom stereocenters. The summed E-state index contributed by atoms with van der Waals surface area (Å²) < 4.78 is 28.7. The van der Waals surface area contributed by atoms with Crippen LogP contribution in [-0.2, 0) is 11.8 Å². The summed E-state index contributed by atoms with van der Waals surface area (Å²) in [5, 5.41) is 14.3. The second kappa shape index (κ2) is 10.4. The predicted octanol–water partition coefficient (Wildman–Crippen LogP) is 3.95. The number of hydrogen-bond donors (Lipinski definition) is 2. The maximum atomic E-state index is 14.0. The Balaban J connectivity index is 1.67. The van der Waals surface area contributed by atoms with Crippen molar-refractivity contribution in [2.24, 2.45) is 13.0 Å². The van der Waals surface area contributed by atoms with Crippen LogP contribution >= 0.6 is 11.8 Å². The summed E-state index contributed by atoms with van der Waals surface area (Å²) in [6.45, 7) is 3.81. The van der Waals surface area contributed by atoms with Crippen LogP contribution in [0.15, 0.2) is 53.7 Å². The standard InChI is InChI=1S/C22H23F2N5O2S/c1-13(2)19(26-21(31)16-6-4-5-7-17(16)24)20-27-28-22(29(20)3)32-12-18(30)25-15-10-8-14(23)9-11-15/h4-11,13,19H,12H2,1-3H3,(H,25,30)(H,26,31). The van der Waals surface area contributed by atoms with E-state index in [4.69, 9.17) is 0 Å². The third-order valence-corrected chi connectivity index (χ3v) is 5.70. The zero-order chi connectivity index (χ0) is 23.3. The highest BCUT2D eigenvalue weighted by Crippen LogP contribution is 2.25. The van der Waals surface area contributed by atoms with Gasteiger partial charge in [-0.25, -0.2) is 8.78 Å². The van der Waals surface area contributed by atoms with Gasteiger partial charge >= 0.3 is 0 Å². The smallest absolute Gasteiger partial charge is 0.254 e. The van der Waals surface area contributed by atoms with Crippen molar-refractivity contribution in [3.63, 3.8) is 0 Å².